The van der Waals surface area contributed by atoms with Crippen LogP contribution in [0.1, 0.15) is 16.7 Å². The number of anilines is 1. The number of carbonyl (C=O) groups is 2. The smallest absolute Gasteiger partial charge is 0.243 e. The number of hydrogen-bond acceptors (Lipinski definition) is 3. The Morgan fingerprint density at radius 3 is 2.17 bits per heavy atom. The number of para-hydroxylation sites is 1. The lowest BCUT2D eigenvalue weighted by atomic mass is 10.1. The molecule has 0 aliphatic carbocycles. The minimum absolute atomic E-state index is 0.0787. The maximum absolute atomic E-state index is 12.0. The van der Waals surface area contributed by atoms with Crippen molar-refractivity contribution in [3.63, 3.8) is 0 Å². The molecule has 2 rings (SSSR count). The summed E-state index contributed by atoms with van der Waals surface area (Å²) in [6.45, 7) is 3.77. The van der Waals surface area contributed by atoms with Crippen LogP contribution in [0.5, 0.6) is 5.75 Å². The Morgan fingerprint density at radius 2 is 1.57 bits per heavy atom. The number of benzene rings is 2. The molecule has 5 heteroatoms. The third kappa shape index (κ3) is 4.85. The van der Waals surface area contributed by atoms with Crippen molar-refractivity contribution in [1.82, 2.24) is 5.32 Å². The lowest BCUT2D eigenvalue weighted by molar-refractivity contribution is -0.123. The molecule has 23 heavy (non-hydrogen) atoms. The van der Waals surface area contributed by atoms with Gasteiger partial charge in [-0.25, -0.2) is 0 Å². The van der Waals surface area contributed by atoms with Crippen molar-refractivity contribution in [1.29, 1.82) is 0 Å². The van der Waals surface area contributed by atoms with Gasteiger partial charge in [-0.05, 0) is 42.7 Å². The molecule has 2 aromatic carbocycles. The molecule has 0 bridgehead atoms. The van der Waals surface area contributed by atoms with E-state index in [1.54, 1.807) is 12.1 Å². The minimum atomic E-state index is -0.263. The Kier molecular flexibility index (Phi) is 5.36. The molecule has 0 spiro atoms. The monoisotopic (exact) mass is 312 g/mol. The van der Waals surface area contributed by atoms with Crippen molar-refractivity contribution >= 4 is 17.5 Å². The Hall–Kier alpha value is -2.82. The predicted molar refractivity (Wildman–Crippen MR) is 89.4 cm³/mol. The molecule has 2 amide bonds. The van der Waals surface area contributed by atoms with Gasteiger partial charge < -0.3 is 15.7 Å². The first-order valence-corrected chi connectivity index (χ1v) is 7.36. The first-order chi connectivity index (χ1) is 11.0. The summed E-state index contributed by atoms with van der Waals surface area (Å²) in [5.74, 6) is -0.351. The highest BCUT2D eigenvalue weighted by atomic mass is 16.3. The number of carbonyl (C=O) groups excluding carboxylic acids is 2. The third-order valence-electron chi connectivity index (χ3n) is 3.49. The topological polar surface area (TPSA) is 78.4 Å². The summed E-state index contributed by atoms with van der Waals surface area (Å²) in [6, 6.07) is 12.2. The van der Waals surface area contributed by atoms with Gasteiger partial charge in [0.25, 0.3) is 0 Å². The van der Waals surface area contributed by atoms with Crippen LogP contribution in [-0.4, -0.2) is 23.5 Å². The van der Waals surface area contributed by atoms with Crippen LogP contribution in [0.3, 0.4) is 0 Å². The molecule has 2 aromatic rings. The number of phenolic OH excluding ortho intramolecular Hbond substituents is 1. The molecular weight excluding hydrogens is 292 g/mol. The molecule has 3 N–H and O–H groups in total. The number of rotatable bonds is 5. The van der Waals surface area contributed by atoms with Gasteiger partial charge in [0.15, 0.2) is 0 Å². The van der Waals surface area contributed by atoms with E-state index < -0.39 is 0 Å². The fourth-order valence-corrected chi connectivity index (χ4v) is 2.24. The normalized spacial score (nSPS) is 10.2. The van der Waals surface area contributed by atoms with E-state index in [1.165, 1.54) is 12.1 Å². The lowest BCUT2D eigenvalue weighted by Gasteiger charge is -2.12. The summed E-state index contributed by atoms with van der Waals surface area (Å²) in [7, 11) is 0. The van der Waals surface area contributed by atoms with Crippen LogP contribution >= 0.6 is 0 Å². The Morgan fingerprint density at radius 1 is 0.957 bits per heavy atom. The Bertz CT molecular complexity index is 688. The van der Waals surface area contributed by atoms with E-state index in [9.17, 15) is 14.7 Å². The van der Waals surface area contributed by atoms with E-state index in [-0.39, 0.29) is 30.5 Å². The van der Waals surface area contributed by atoms with E-state index >= 15 is 0 Å². The second-order valence-electron chi connectivity index (χ2n) is 5.43. The van der Waals surface area contributed by atoms with E-state index in [1.807, 2.05) is 32.0 Å². The van der Waals surface area contributed by atoms with Gasteiger partial charge in [0.2, 0.25) is 11.8 Å². The van der Waals surface area contributed by atoms with Crippen LogP contribution in [0.4, 0.5) is 5.69 Å². The van der Waals surface area contributed by atoms with Gasteiger partial charge in [-0.2, -0.15) is 0 Å². The van der Waals surface area contributed by atoms with Crippen LogP contribution in [0, 0.1) is 13.8 Å². The molecule has 0 heterocycles. The largest absolute Gasteiger partial charge is 0.508 e. The molecule has 0 aliphatic heterocycles. The minimum Gasteiger partial charge on any atom is -0.508 e. The maximum Gasteiger partial charge on any atom is 0.243 e. The van der Waals surface area contributed by atoms with Gasteiger partial charge in [-0.3, -0.25) is 9.59 Å². The highest BCUT2D eigenvalue weighted by Crippen LogP contribution is 2.19. The highest BCUT2D eigenvalue weighted by Gasteiger charge is 2.09. The number of amides is 2. The molecule has 0 aliphatic rings. The number of nitrogens with one attached hydrogen (secondary N) is 2. The van der Waals surface area contributed by atoms with Crippen LogP contribution in [0.2, 0.25) is 0 Å². The zero-order valence-electron chi connectivity index (χ0n) is 13.2. The molecule has 0 saturated carbocycles. The number of aryl methyl sites for hydroxylation is 2. The fraction of sp³-hybridized carbons (Fsp3) is 0.222. The summed E-state index contributed by atoms with van der Waals surface area (Å²) in [6.07, 6.45) is 0.164. The van der Waals surface area contributed by atoms with Gasteiger partial charge >= 0.3 is 0 Å². The van der Waals surface area contributed by atoms with E-state index in [0.717, 1.165) is 22.4 Å². The number of aromatic hydroxyl groups is 1. The van der Waals surface area contributed by atoms with Crippen molar-refractivity contribution in [3.05, 3.63) is 59.2 Å². The first kappa shape index (κ1) is 16.5. The van der Waals surface area contributed by atoms with Crippen molar-refractivity contribution in [3.8, 4) is 5.75 Å². The zero-order valence-corrected chi connectivity index (χ0v) is 13.2. The van der Waals surface area contributed by atoms with Crippen molar-refractivity contribution in [2.24, 2.45) is 0 Å². The summed E-state index contributed by atoms with van der Waals surface area (Å²) < 4.78 is 0. The average Bonchev–Trinajstić information content (AvgIpc) is 2.51. The quantitative estimate of drug-likeness (QED) is 0.793. The molecule has 0 radical (unpaired) electrons. The molecule has 0 saturated heterocycles. The number of phenols is 1. The van der Waals surface area contributed by atoms with Gasteiger partial charge in [0.05, 0.1) is 13.0 Å². The summed E-state index contributed by atoms with van der Waals surface area (Å²) in [5, 5.41) is 14.6. The van der Waals surface area contributed by atoms with Crippen LogP contribution in [-0.2, 0) is 16.0 Å². The fourth-order valence-electron chi connectivity index (χ4n) is 2.24. The second kappa shape index (κ2) is 7.45. The van der Waals surface area contributed by atoms with Crippen LogP contribution in [0.25, 0.3) is 0 Å². The van der Waals surface area contributed by atoms with E-state index in [0.29, 0.717) is 0 Å². The molecule has 0 fully saturated rings. The summed E-state index contributed by atoms with van der Waals surface area (Å²) >= 11 is 0. The zero-order chi connectivity index (χ0) is 16.8. The number of hydrogen-bond donors (Lipinski definition) is 3. The van der Waals surface area contributed by atoms with Gasteiger partial charge in [0.1, 0.15) is 5.75 Å². The van der Waals surface area contributed by atoms with Gasteiger partial charge in [0, 0.05) is 5.69 Å². The molecule has 120 valence electrons. The maximum atomic E-state index is 12.0. The van der Waals surface area contributed by atoms with Crippen LogP contribution in [0.15, 0.2) is 42.5 Å². The van der Waals surface area contributed by atoms with Crippen LogP contribution < -0.4 is 10.6 Å². The Labute approximate surface area is 135 Å². The summed E-state index contributed by atoms with van der Waals surface area (Å²) in [4.78, 5) is 23.8. The average molecular weight is 312 g/mol. The van der Waals surface area contributed by atoms with Crippen molar-refractivity contribution in [2.45, 2.75) is 20.3 Å². The lowest BCUT2D eigenvalue weighted by Crippen LogP contribution is -2.34. The Balaban J connectivity index is 1.84. The third-order valence-corrected chi connectivity index (χ3v) is 3.49. The first-order valence-electron chi connectivity index (χ1n) is 7.36. The van der Waals surface area contributed by atoms with E-state index in [2.05, 4.69) is 10.6 Å². The molecule has 5 nitrogen and oxygen atoms in total. The predicted octanol–water partition coefficient (Wildman–Crippen LogP) is 2.31. The highest BCUT2D eigenvalue weighted by molar-refractivity contribution is 5.95. The SMILES string of the molecule is Cc1cccc(C)c1NC(=O)CNC(=O)Cc1ccc(O)cc1. The van der Waals surface area contributed by atoms with Crippen molar-refractivity contribution in [2.75, 3.05) is 11.9 Å². The molecule has 0 unspecified atom stereocenters. The van der Waals surface area contributed by atoms with Gasteiger partial charge in [-0.15, -0.1) is 0 Å². The summed E-state index contributed by atoms with van der Waals surface area (Å²) in [5.41, 5.74) is 3.52. The standard InChI is InChI=1S/C18H20N2O3/c1-12-4-3-5-13(2)18(12)20-17(23)11-19-16(22)10-14-6-8-15(21)9-7-14/h3-9,21H,10-11H2,1-2H3,(H,19,22)(H,20,23). The molecular formula is C18H20N2O3. The molecule has 0 aromatic heterocycles. The second-order valence-corrected chi connectivity index (χ2v) is 5.43. The molecule has 0 atom stereocenters. The van der Waals surface area contributed by atoms with Gasteiger partial charge in [-0.1, -0.05) is 30.3 Å². The van der Waals surface area contributed by atoms with Crippen molar-refractivity contribution < 1.29 is 14.7 Å². The van der Waals surface area contributed by atoms with E-state index in [4.69, 9.17) is 0 Å².